The van der Waals surface area contributed by atoms with Crippen molar-refractivity contribution in [2.24, 2.45) is 5.84 Å². The standard InChI is InChI=1S/C14H11BrClF3N2/c15-9-3-7(1-2-11(9)17)4-14(21-20)8-5-13(19)10(16)6-12(8)18/h1-3,5-6,14,21H,4,20H2. The van der Waals surface area contributed by atoms with Gasteiger partial charge in [-0.1, -0.05) is 17.7 Å². The van der Waals surface area contributed by atoms with Crippen LogP contribution in [0, 0.1) is 17.5 Å². The highest BCUT2D eigenvalue weighted by molar-refractivity contribution is 9.10. The lowest BCUT2D eigenvalue weighted by Gasteiger charge is -2.18. The zero-order valence-electron chi connectivity index (χ0n) is 10.6. The molecule has 0 saturated heterocycles. The van der Waals surface area contributed by atoms with E-state index < -0.39 is 23.5 Å². The summed E-state index contributed by atoms with van der Waals surface area (Å²) in [6.07, 6.45) is 0.257. The van der Waals surface area contributed by atoms with Crippen LogP contribution in [0.25, 0.3) is 0 Å². The zero-order valence-corrected chi connectivity index (χ0v) is 13.0. The summed E-state index contributed by atoms with van der Waals surface area (Å²) in [6, 6.07) is 5.62. The first-order valence-electron chi connectivity index (χ1n) is 5.97. The highest BCUT2D eigenvalue weighted by Gasteiger charge is 2.18. The van der Waals surface area contributed by atoms with Crippen molar-refractivity contribution in [2.75, 3.05) is 0 Å². The van der Waals surface area contributed by atoms with E-state index >= 15 is 0 Å². The quantitative estimate of drug-likeness (QED) is 0.473. The van der Waals surface area contributed by atoms with Crippen molar-refractivity contribution < 1.29 is 13.2 Å². The molecule has 0 aliphatic rings. The van der Waals surface area contributed by atoms with Crippen molar-refractivity contribution in [3.05, 3.63) is 68.4 Å². The van der Waals surface area contributed by atoms with Gasteiger partial charge in [-0.25, -0.2) is 13.2 Å². The van der Waals surface area contributed by atoms with Crippen molar-refractivity contribution in [1.29, 1.82) is 0 Å². The highest BCUT2D eigenvalue weighted by Crippen LogP contribution is 2.27. The minimum absolute atomic E-state index is 0.0554. The second-order valence-electron chi connectivity index (χ2n) is 4.46. The number of nitrogens with two attached hydrogens (primary N) is 1. The van der Waals surface area contributed by atoms with Crippen molar-refractivity contribution in [3.63, 3.8) is 0 Å². The Morgan fingerprint density at radius 1 is 1.10 bits per heavy atom. The molecule has 0 bridgehead atoms. The van der Waals surface area contributed by atoms with E-state index in [9.17, 15) is 13.2 Å². The Labute approximate surface area is 133 Å². The van der Waals surface area contributed by atoms with Crippen LogP contribution in [0.5, 0.6) is 0 Å². The summed E-state index contributed by atoms with van der Waals surface area (Å²) in [6.45, 7) is 0. The molecule has 0 aliphatic heterocycles. The molecule has 2 rings (SSSR count). The van der Waals surface area contributed by atoms with E-state index in [1.165, 1.54) is 6.07 Å². The molecule has 0 heterocycles. The van der Waals surface area contributed by atoms with Crippen molar-refractivity contribution >= 4 is 27.5 Å². The normalized spacial score (nSPS) is 12.5. The molecule has 0 radical (unpaired) electrons. The van der Waals surface area contributed by atoms with E-state index in [0.29, 0.717) is 10.0 Å². The van der Waals surface area contributed by atoms with Crippen LogP contribution in [0.1, 0.15) is 17.2 Å². The highest BCUT2D eigenvalue weighted by atomic mass is 79.9. The summed E-state index contributed by atoms with van der Waals surface area (Å²) in [5.41, 5.74) is 3.19. The van der Waals surface area contributed by atoms with Gasteiger partial charge in [-0.2, -0.15) is 0 Å². The Morgan fingerprint density at radius 2 is 1.81 bits per heavy atom. The lowest BCUT2D eigenvalue weighted by atomic mass is 9.99. The van der Waals surface area contributed by atoms with Gasteiger partial charge < -0.3 is 0 Å². The fraction of sp³-hybridized carbons (Fsp3) is 0.143. The van der Waals surface area contributed by atoms with Gasteiger partial charge in [0.15, 0.2) is 0 Å². The van der Waals surface area contributed by atoms with Gasteiger partial charge in [-0.05, 0) is 52.2 Å². The van der Waals surface area contributed by atoms with Crippen LogP contribution < -0.4 is 11.3 Å². The van der Waals surface area contributed by atoms with Crippen LogP contribution in [0.4, 0.5) is 13.2 Å². The summed E-state index contributed by atoms with van der Waals surface area (Å²) in [5.74, 6) is 3.63. The number of nitrogens with one attached hydrogen (secondary N) is 1. The zero-order chi connectivity index (χ0) is 15.6. The van der Waals surface area contributed by atoms with E-state index in [2.05, 4.69) is 21.4 Å². The molecule has 112 valence electrons. The fourth-order valence-electron chi connectivity index (χ4n) is 1.97. The molecule has 0 spiro atoms. The van der Waals surface area contributed by atoms with Crippen LogP contribution in [0.3, 0.4) is 0 Å². The molecule has 2 nitrogen and oxygen atoms in total. The van der Waals surface area contributed by atoms with Crippen LogP contribution in [-0.4, -0.2) is 0 Å². The largest absolute Gasteiger partial charge is 0.271 e. The van der Waals surface area contributed by atoms with Crippen LogP contribution in [0.15, 0.2) is 34.8 Å². The molecule has 0 aromatic heterocycles. The van der Waals surface area contributed by atoms with Gasteiger partial charge in [0, 0.05) is 5.56 Å². The van der Waals surface area contributed by atoms with Crippen molar-refractivity contribution in [3.8, 4) is 0 Å². The maximum atomic E-state index is 13.9. The number of hydrazine groups is 1. The van der Waals surface area contributed by atoms with E-state index in [0.717, 1.165) is 12.1 Å². The number of halogens is 5. The average molecular weight is 380 g/mol. The number of benzene rings is 2. The third kappa shape index (κ3) is 3.77. The van der Waals surface area contributed by atoms with Crippen molar-refractivity contribution in [2.45, 2.75) is 12.5 Å². The Hall–Kier alpha value is -1.08. The summed E-state index contributed by atoms with van der Waals surface area (Å²) >= 11 is 8.59. The first kappa shape index (κ1) is 16.3. The van der Waals surface area contributed by atoms with E-state index in [4.69, 9.17) is 17.4 Å². The van der Waals surface area contributed by atoms with Gasteiger partial charge in [0.25, 0.3) is 0 Å². The summed E-state index contributed by atoms with van der Waals surface area (Å²) in [4.78, 5) is 0. The summed E-state index contributed by atoms with van der Waals surface area (Å²) in [5, 5.41) is -0.295. The second-order valence-corrected chi connectivity index (χ2v) is 5.72. The Morgan fingerprint density at radius 3 is 2.43 bits per heavy atom. The lowest BCUT2D eigenvalue weighted by Crippen LogP contribution is -2.30. The molecule has 2 aromatic carbocycles. The molecular formula is C14H11BrClF3N2. The third-order valence-corrected chi connectivity index (χ3v) is 3.94. The molecule has 1 unspecified atom stereocenters. The predicted molar refractivity (Wildman–Crippen MR) is 79.2 cm³/mol. The molecule has 0 aliphatic carbocycles. The molecular weight excluding hydrogens is 369 g/mol. The minimum Gasteiger partial charge on any atom is -0.271 e. The summed E-state index contributed by atoms with van der Waals surface area (Å²) in [7, 11) is 0. The predicted octanol–water partition coefficient (Wildman–Crippen LogP) is 4.27. The molecule has 1 atom stereocenters. The topological polar surface area (TPSA) is 38.0 Å². The van der Waals surface area contributed by atoms with Gasteiger partial charge in [0.1, 0.15) is 17.5 Å². The van der Waals surface area contributed by atoms with Gasteiger partial charge in [-0.15, -0.1) is 0 Å². The average Bonchev–Trinajstić information content (AvgIpc) is 2.44. The monoisotopic (exact) mass is 378 g/mol. The van der Waals surface area contributed by atoms with Gasteiger partial charge in [-0.3, -0.25) is 11.3 Å². The van der Waals surface area contributed by atoms with Gasteiger partial charge in [0.2, 0.25) is 0 Å². The van der Waals surface area contributed by atoms with E-state index in [1.807, 2.05) is 0 Å². The van der Waals surface area contributed by atoms with E-state index in [1.54, 1.807) is 12.1 Å². The van der Waals surface area contributed by atoms with Crippen LogP contribution >= 0.6 is 27.5 Å². The van der Waals surface area contributed by atoms with Gasteiger partial charge >= 0.3 is 0 Å². The number of rotatable bonds is 4. The van der Waals surface area contributed by atoms with E-state index in [-0.39, 0.29) is 17.0 Å². The second kappa shape index (κ2) is 6.79. The molecule has 0 saturated carbocycles. The maximum Gasteiger partial charge on any atom is 0.142 e. The first-order chi connectivity index (χ1) is 9.92. The Balaban J connectivity index is 2.31. The Bertz CT molecular complexity index is 667. The van der Waals surface area contributed by atoms with Gasteiger partial charge in [0.05, 0.1) is 15.5 Å². The fourth-order valence-corrected chi connectivity index (χ4v) is 2.54. The molecule has 21 heavy (non-hydrogen) atoms. The Kier molecular flexibility index (Phi) is 5.27. The van der Waals surface area contributed by atoms with Crippen LogP contribution in [0.2, 0.25) is 5.02 Å². The smallest absolute Gasteiger partial charge is 0.142 e. The number of hydrogen-bond donors (Lipinski definition) is 2. The molecule has 3 N–H and O–H groups in total. The van der Waals surface area contributed by atoms with Crippen LogP contribution in [-0.2, 0) is 6.42 Å². The molecule has 2 aromatic rings. The first-order valence-corrected chi connectivity index (χ1v) is 7.14. The maximum absolute atomic E-state index is 13.9. The molecule has 0 fully saturated rings. The lowest BCUT2D eigenvalue weighted by molar-refractivity contribution is 0.502. The number of hydrogen-bond acceptors (Lipinski definition) is 2. The van der Waals surface area contributed by atoms with Crippen molar-refractivity contribution in [1.82, 2.24) is 5.43 Å². The molecule has 7 heteroatoms. The minimum atomic E-state index is -0.728. The summed E-state index contributed by atoms with van der Waals surface area (Å²) < 4.78 is 40.9. The SMILES string of the molecule is NNC(Cc1ccc(F)c(Br)c1)c1cc(F)c(Cl)cc1F. The third-order valence-electron chi connectivity index (χ3n) is 3.04. The molecule has 0 amide bonds.